The number of carbonyl (C=O) groups excluding carboxylic acids is 3. The summed E-state index contributed by atoms with van der Waals surface area (Å²) in [7, 11) is 0. The van der Waals surface area contributed by atoms with Gasteiger partial charge in [0.05, 0.1) is 37.1 Å². The lowest BCUT2D eigenvalue weighted by Gasteiger charge is -2.37. The van der Waals surface area contributed by atoms with Crippen LogP contribution in [0.15, 0.2) is 128 Å². The Kier molecular flexibility index (Phi) is 13.7. The number of fused-ring (bicyclic) bond motifs is 1. The first-order chi connectivity index (χ1) is 27.6. The number of benzene rings is 4. The predicted molar refractivity (Wildman–Crippen MR) is 219 cm³/mol. The molecule has 1 aliphatic rings. The molecule has 4 aromatic carbocycles. The van der Waals surface area contributed by atoms with Gasteiger partial charge in [0.25, 0.3) is 11.8 Å². The fourth-order valence-electron chi connectivity index (χ4n) is 6.80. The number of nitrogens with zero attached hydrogens (tertiary/aromatic N) is 3. The number of nitrogens with one attached hydrogen (secondary N) is 1. The summed E-state index contributed by atoms with van der Waals surface area (Å²) in [4.78, 5) is 61.5. The van der Waals surface area contributed by atoms with Crippen LogP contribution in [0.2, 0.25) is 0 Å². The number of hydrogen-bond acceptors (Lipinski definition) is 8. The molecule has 0 radical (unpaired) electrons. The second-order valence-electron chi connectivity index (χ2n) is 14.7. The maximum atomic E-state index is 15.3. The summed E-state index contributed by atoms with van der Waals surface area (Å²) in [6.07, 6.45) is 3.06. The van der Waals surface area contributed by atoms with Gasteiger partial charge in [-0.25, -0.2) is 19.6 Å². The van der Waals surface area contributed by atoms with E-state index in [0.29, 0.717) is 48.6 Å². The van der Waals surface area contributed by atoms with E-state index in [4.69, 9.17) is 19.2 Å². The first-order valence-electron chi connectivity index (χ1n) is 19.4. The Morgan fingerprint density at radius 3 is 2.23 bits per heavy atom. The molecule has 3 amide bonds. The Morgan fingerprint density at radius 1 is 0.825 bits per heavy atom. The first kappa shape index (κ1) is 40.6. The zero-order chi connectivity index (χ0) is 40.2. The van der Waals surface area contributed by atoms with Gasteiger partial charge >= 0.3 is 6.09 Å². The highest BCUT2D eigenvalue weighted by Gasteiger charge is 2.44. The number of aryl methyl sites for hydroxylation is 1. The number of amides is 3. The van der Waals surface area contributed by atoms with Gasteiger partial charge in [0, 0.05) is 6.20 Å². The lowest BCUT2D eigenvalue weighted by molar-refractivity contribution is -0.298. The molecule has 6 rings (SSSR count). The zero-order valence-electron chi connectivity index (χ0n) is 32.9. The second kappa shape index (κ2) is 19.2. The van der Waals surface area contributed by atoms with Crippen molar-refractivity contribution in [2.45, 2.75) is 71.2 Å². The van der Waals surface area contributed by atoms with Crippen molar-refractivity contribution in [1.29, 1.82) is 0 Å². The van der Waals surface area contributed by atoms with Gasteiger partial charge < -0.3 is 19.3 Å². The van der Waals surface area contributed by atoms with Crippen molar-refractivity contribution in [3.63, 3.8) is 0 Å². The number of anilines is 2. The molecular formula is C46H50N4O7. The van der Waals surface area contributed by atoms with Crippen LogP contribution in [0.5, 0.6) is 5.75 Å². The Bertz CT molecular complexity index is 2090. The van der Waals surface area contributed by atoms with Gasteiger partial charge in [-0.05, 0) is 93.5 Å². The fourth-order valence-corrected chi connectivity index (χ4v) is 6.80. The van der Waals surface area contributed by atoms with Gasteiger partial charge in [-0.2, -0.15) is 0 Å². The molecule has 296 valence electrons. The summed E-state index contributed by atoms with van der Waals surface area (Å²) in [5, 5.41) is 2.67. The van der Waals surface area contributed by atoms with E-state index in [9.17, 15) is 4.79 Å². The number of ether oxygens (including phenoxy) is 2. The lowest BCUT2D eigenvalue weighted by Crippen LogP contribution is -2.45. The Balaban J connectivity index is 1.29. The van der Waals surface area contributed by atoms with Gasteiger partial charge in [-0.15, -0.1) is 0 Å². The summed E-state index contributed by atoms with van der Waals surface area (Å²) < 4.78 is 11.4. The number of carbonyl (C=O) groups is 3. The van der Waals surface area contributed by atoms with Crippen LogP contribution in [0.25, 0.3) is 0 Å². The van der Waals surface area contributed by atoms with E-state index in [1.54, 1.807) is 48.9 Å². The monoisotopic (exact) mass is 770 g/mol. The molecule has 2 unspecified atom stereocenters. The average Bonchev–Trinajstić information content (AvgIpc) is 3.29. The van der Waals surface area contributed by atoms with Gasteiger partial charge in [-0.1, -0.05) is 97.1 Å². The Labute approximate surface area is 334 Å². The van der Waals surface area contributed by atoms with Crippen LogP contribution in [0.4, 0.5) is 16.3 Å². The molecule has 2 atom stereocenters. The van der Waals surface area contributed by atoms with Crippen LogP contribution in [-0.4, -0.2) is 53.2 Å². The molecule has 5 aromatic rings. The summed E-state index contributed by atoms with van der Waals surface area (Å²) in [6.45, 7) is 8.20. The molecule has 11 nitrogen and oxygen atoms in total. The van der Waals surface area contributed by atoms with E-state index in [1.807, 2.05) is 116 Å². The minimum Gasteiger partial charge on any atom is -0.490 e. The summed E-state index contributed by atoms with van der Waals surface area (Å²) in [5.74, 6) is 0.208. The van der Waals surface area contributed by atoms with E-state index < -0.39 is 23.8 Å². The van der Waals surface area contributed by atoms with Gasteiger partial charge in [0.2, 0.25) is 0 Å². The average molecular weight is 771 g/mol. The van der Waals surface area contributed by atoms with Crippen LogP contribution < -0.4 is 15.0 Å². The number of pyridine rings is 1. The van der Waals surface area contributed by atoms with Crippen LogP contribution in [-0.2, 0) is 32.3 Å². The summed E-state index contributed by atoms with van der Waals surface area (Å²) in [5.41, 5.74) is 3.71. The molecule has 11 heteroatoms. The molecule has 0 saturated carbocycles. The molecule has 1 N–H and O–H groups in total. The van der Waals surface area contributed by atoms with Crippen molar-refractivity contribution in [2.75, 3.05) is 30.0 Å². The molecule has 1 aliphatic heterocycles. The highest BCUT2D eigenvalue weighted by atomic mass is 17.2. The van der Waals surface area contributed by atoms with E-state index in [2.05, 4.69) is 10.3 Å². The highest BCUT2D eigenvalue weighted by Crippen LogP contribution is 2.41. The summed E-state index contributed by atoms with van der Waals surface area (Å²) >= 11 is 0. The topological polar surface area (TPSA) is 120 Å². The third kappa shape index (κ3) is 10.6. The maximum absolute atomic E-state index is 15.3. The van der Waals surface area contributed by atoms with Crippen LogP contribution in [0.1, 0.15) is 85.2 Å². The Morgan fingerprint density at radius 2 is 1.53 bits per heavy atom. The van der Waals surface area contributed by atoms with Crippen LogP contribution in [0, 0.1) is 0 Å². The van der Waals surface area contributed by atoms with Gasteiger partial charge in [0.15, 0.2) is 11.6 Å². The first-order valence-corrected chi connectivity index (χ1v) is 19.4. The smallest absolute Gasteiger partial charge is 0.413 e. The van der Waals surface area contributed by atoms with E-state index in [1.165, 1.54) is 0 Å². The van der Waals surface area contributed by atoms with Crippen molar-refractivity contribution in [3.8, 4) is 5.75 Å². The Hall–Kier alpha value is -6.04. The maximum Gasteiger partial charge on any atom is 0.413 e. The van der Waals surface area contributed by atoms with Crippen molar-refractivity contribution in [1.82, 2.24) is 9.88 Å². The standard InChI is InChI=1S/C46H50N4O7/c1-5-55-56-32-39(35-21-11-7-12-22-35)50-41(36-23-13-8-14-24-36)44(52)49(31-34-19-9-6-10-20-34)38-27-26-33(30-37(38)43(50)51)18-15-16-29-54-40-25-17-28-47-42(40)48-45(53)57-46(2,3)4/h6-14,17,19-28,30,39,41H,5,15-16,18,29,31-32H2,1-4H3,(H,47,48,53). The predicted octanol–water partition coefficient (Wildman–Crippen LogP) is 9.27. The molecule has 0 fully saturated rings. The lowest BCUT2D eigenvalue weighted by atomic mass is 9.97. The third-order valence-corrected chi connectivity index (χ3v) is 9.35. The van der Waals surface area contributed by atoms with Crippen molar-refractivity contribution >= 4 is 29.4 Å². The minimum atomic E-state index is -0.965. The largest absolute Gasteiger partial charge is 0.490 e. The fraction of sp³-hybridized carbons (Fsp3) is 0.304. The molecule has 0 bridgehead atoms. The van der Waals surface area contributed by atoms with E-state index >= 15 is 9.59 Å². The zero-order valence-corrected chi connectivity index (χ0v) is 32.9. The van der Waals surface area contributed by atoms with Crippen molar-refractivity contribution < 1.29 is 33.6 Å². The number of rotatable bonds is 16. The SMILES string of the molecule is CCOOCC(c1ccccc1)N1C(=O)c2cc(CCCCOc3cccnc3NC(=O)OC(C)(C)C)ccc2N(Cc2ccccc2)C(=O)C1c1ccccc1. The second-order valence-corrected chi connectivity index (χ2v) is 14.7. The van der Waals surface area contributed by atoms with Crippen LogP contribution in [0.3, 0.4) is 0 Å². The number of unbranched alkanes of at least 4 members (excludes halogenated alkanes) is 1. The van der Waals surface area contributed by atoms with Crippen LogP contribution >= 0.6 is 0 Å². The molecular weight excluding hydrogens is 721 g/mol. The molecule has 2 heterocycles. The molecule has 1 aromatic heterocycles. The van der Waals surface area contributed by atoms with Crippen molar-refractivity contribution in [2.24, 2.45) is 0 Å². The minimum absolute atomic E-state index is 0.0137. The quantitative estimate of drug-likeness (QED) is 0.0599. The van der Waals surface area contributed by atoms with E-state index in [0.717, 1.165) is 23.1 Å². The molecule has 57 heavy (non-hydrogen) atoms. The highest BCUT2D eigenvalue weighted by molar-refractivity contribution is 6.11. The number of hydrogen-bond donors (Lipinski definition) is 1. The molecule has 0 saturated heterocycles. The third-order valence-electron chi connectivity index (χ3n) is 9.35. The van der Waals surface area contributed by atoms with Crippen molar-refractivity contribution in [3.05, 3.63) is 155 Å². The number of aromatic nitrogens is 1. The van der Waals surface area contributed by atoms with Gasteiger partial charge in [0.1, 0.15) is 18.2 Å². The normalized spacial score (nSPS) is 14.8. The molecule has 0 spiro atoms. The van der Waals surface area contributed by atoms with E-state index in [-0.39, 0.29) is 30.8 Å². The summed E-state index contributed by atoms with van der Waals surface area (Å²) in [6, 6.07) is 36.5. The molecule has 0 aliphatic carbocycles. The van der Waals surface area contributed by atoms with Gasteiger partial charge in [-0.3, -0.25) is 14.9 Å².